The van der Waals surface area contributed by atoms with Gasteiger partial charge in [0, 0.05) is 10.5 Å². The SMILES string of the molecule is CCNC(COc1ccccc1)Cc1cccc(Br)c1. The summed E-state index contributed by atoms with van der Waals surface area (Å²) in [5.74, 6) is 0.921. The molecule has 1 unspecified atom stereocenters. The lowest BCUT2D eigenvalue weighted by molar-refractivity contribution is 0.265. The first-order valence-electron chi connectivity index (χ1n) is 6.93. The maximum Gasteiger partial charge on any atom is 0.119 e. The van der Waals surface area contributed by atoms with E-state index in [0.717, 1.165) is 23.2 Å². The molecule has 0 aliphatic rings. The number of nitrogens with one attached hydrogen (secondary N) is 1. The molecule has 0 amide bonds. The third-order valence-electron chi connectivity index (χ3n) is 3.06. The lowest BCUT2D eigenvalue weighted by Gasteiger charge is -2.19. The van der Waals surface area contributed by atoms with Crippen LogP contribution in [0.15, 0.2) is 59.1 Å². The van der Waals surface area contributed by atoms with E-state index in [4.69, 9.17) is 4.74 Å². The summed E-state index contributed by atoms with van der Waals surface area (Å²) in [6.07, 6.45) is 0.958. The second-order valence-corrected chi connectivity index (χ2v) is 5.63. The van der Waals surface area contributed by atoms with Gasteiger partial charge in [0.2, 0.25) is 0 Å². The monoisotopic (exact) mass is 333 g/mol. The zero-order chi connectivity index (χ0) is 14.2. The molecule has 0 radical (unpaired) electrons. The summed E-state index contributed by atoms with van der Waals surface area (Å²) >= 11 is 3.52. The van der Waals surface area contributed by atoms with Crippen LogP contribution in [0.4, 0.5) is 0 Å². The van der Waals surface area contributed by atoms with E-state index in [0.29, 0.717) is 12.6 Å². The predicted octanol–water partition coefficient (Wildman–Crippen LogP) is 4.05. The normalized spacial score (nSPS) is 12.1. The van der Waals surface area contributed by atoms with Crippen molar-refractivity contribution in [2.75, 3.05) is 13.2 Å². The Morgan fingerprint density at radius 3 is 2.60 bits per heavy atom. The molecule has 2 aromatic rings. The molecule has 0 heterocycles. The highest BCUT2D eigenvalue weighted by Gasteiger charge is 2.09. The minimum atomic E-state index is 0.314. The number of likely N-dealkylation sites (N-methyl/N-ethyl adjacent to an activating group) is 1. The first-order chi connectivity index (χ1) is 9.78. The topological polar surface area (TPSA) is 21.3 Å². The highest BCUT2D eigenvalue weighted by Crippen LogP contribution is 2.14. The van der Waals surface area contributed by atoms with Crippen LogP contribution in [0, 0.1) is 0 Å². The summed E-state index contributed by atoms with van der Waals surface area (Å²) < 4.78 is 6.97. The Kier molecular flexibility index (Phi) is 6.09. The quantitative estimate of drug-likeness (QED) is 0.825. The third kappa shape index (κ3) is 4.99. The molecular formula is C17H20BrNO. The van der Waals surface area contributed by atoms with Crippen molar-refractivity contribution in [1.29, 1.82) is 0 Å². The Balaban J connectivity index is 1.93. The fraction of sp³-hybridized carbons (Fsp3) is 0.294. The molecule has 0 fully saturated rings. The van der Waals surface area contributed by atoms with Crippen LogP contribution in [-0.4, -0.2) is 19.2 Å². The van der Waals surface area contributed by atoms with E-state index in [1.54, 1.807) is 0 Å². The molecule has 0 aliphatic heterocycles. The van der Waals surface area contributed by atoms with Gasteiger partial charge in [-0.05, 0) is 42.8 Å². The van der Waals surface area contributed by atoms with Gasteiger partial charge in [-0.1, -0.05) is 53.2 Å². The Hall–Kier alpha value is -1.32. The summed E-state index contributed by atoms with van der Waals surface area (Å²) in [5, 5.41) is 3.48. The van der Waals surface area contributed by atoms with Gasteiger partial charge in [0.05, 0.1) is 0 Å². The van der Waals surface area contributed by atoms with Gasteiger partial charge < -0.3 is 10.1 Å². The average molecular weight is 334 g/mol. The molecule has 20 heavy (non-hydrogen) atoms. The van der Waals surface area contributed by atoms with Crippen molar-refractivity contribution in [2.45, 2.75) is 19.4 Å². The molecule has 0 aliphatic carbocycles. The van der Waals surface area contributed by atoms with E-state index >= 15 is 0 Å². The summed E-state index contributed by atoms with van der Waals surface area (Å²) in [5.41, 5.74) is 1.31. The minimum Gasteiger partial charge on any atom is -0.492 e. The largest absolute Gasteiger partial charge is 0.492 e. The van der Waals surface area contributed by atoms with Gasteiger partial charge in [0.15, 0.2) is 0 Å². The summed E-state index contributed by atoms with van der Waals surface area (Å²) in [6, 6.07) is 18.7. The van der Waals surface area contributed by atoms with E-state index in [2.05, 4.69) is 46.4 Å². The summed E-state index contributed by atoms with van der Waals surface area (Å²) in [7, 11) is 0. The van der Waals surface area contributed by atoms with E-state index in [-0.39, 0.29) is 0 Å². The van der Waals surface area contributed by atoms with Gasteiger partial charge in [-0.2, -0.15) is 0 Å². The maximum atomic E-state index is 5.85. The Labute approximate surface area is 129 Å². The molecule has 0 spiro atoms. The molecule has 0 saturated carbocycles. The Morgan fingerprint density at radius 1 is 1.10 bits per heavy atom. The van der Waals surface area contributed by atoms with Crippen LogP contribution in [0.25, 0.3) is 0 Å². The molecule has 1 N–H and O–H groups in total. The van der Waals surface area contributed by atoms with Gasteiger partial charge in [-0.15, -0.1) is 0 Å². The molecule has 0 aromatic heterocycles. The molecule has 2 aromatic carbocycles. The lowest BCUT2D eigenvalue weighted by atomic mass is 10.1. The van der Waals surface area contributed by atoms with Crippen molar-refractivity contribution < 1.29 is 4.74 Å². The van der Waals surface area contributed by atoms with E-state index in [1.807, 2.05) is 36.4 Å². The zero-order valence-corrected chi connectivity index (χ0v) is 13.3. The Morgan fingerprint density at radius 2 is 1.90 bits per heavy atom. The maximum absolute atomic E-state index is 5.85. The van der Waals surface area contributed by atoms with Crippen LogP contribution in [-0.2, 0) is 6.42 Å². The molecule has 0 bridgehead atoms. The van der Waals surface area contributed by atoms with Crippen LogP contribution in [0.3, 0.4) is 0 Å². The van der Waals surface area contributed by atoms with Crippen molar-refractivity contribution in [1.82, 2.24) is 5.32 Å². The van der Waals surface area contributed by atoms with E-state index in [9.17, 15) is 0 Å². The minimum absolute atomic E-state index is 0.314. The number of rotatable bonds is 7. The average Bonchev–Trinajstić information content (AvgIpc) is 2.46. The number of para-hydroxylation sites is 1. The van der Waals surface area contributed by atoms with Crippen LogP contribution in [0.5, 0.6) is 5.75 Å². The first-order valence-corrected chi connectivity index (χ1v) is 7.73. The molecule has 1 atom stereocenters. The van der Waals surface area contributed by atoms with Gasteiger partial charge in [-0.25, -0.2) is 0 Å². The van der Waals surface area contributed by atoms with E-state index in [1.165, 1.54) is 5.56 Å². The fourth-order valence-corrected chi connectivity index (χ4v) is 2.59. The third-order valence-corrected chi connectivity index (χ3v) is 3.55. The molecule has 3 heteroatoms. The number of hydrogen-bond acceptors (Lipinski definition) is 2. The highest BCUT2D eigenvalue weighted by molar-refractivity contribution is 9.10. The lowest BCUT2D eigenvalue weighted by Crippen LogP contribution is -2.36. The first kappa shape index (κ1) is 15.1. The van der Waals surface area contributed by atoms with Gasteiger partial charge in [-0.3, -0.25) is 0 Å². The number of benzene rings is 2. The Bertz CT molecular complexity index is 515. The van der Waals surface area contributed by atoms with Crippen LogP contribution < -0.4 is 10.1 Å². The summed E-state index contributed by atoms with van der Waals surface area (Å²) in [6.45, 7) is 3.73. The smallest absolute Gasteiger partial charge is 0.119 e. The molecule has 0 saturated heterocycles. The van der Waals surface area contributed by atoms with Gasteiger partial charge in [0.1, 0.15) is 12.4 Å². The predicted molar refractivity (Wildman–Crippen MR) is 87.2 cm³/mol. The number of hydrogen-bond donors (Lipinski definition) is 1. The second kappa shape index (κ2) is 8.08. The van der Waals surface area contributed by atoms with Gasteiger partial charge in [0.25, 0.3) is 0 Å². The van der Waals surface area contributed by atoms with Crippen molar-refractivity contribution in [2.24, 2.45) is 0 Å². The van der Waals surface area contributed by atoms with Crippen LogP contribution in [0.2, 0.25) is 0 Å². The molecule has 2 rings (SSSR count). The van der Waals surface area contributed by atoms with Crippen molar-refractivity contribution in [3.8, 4) is 5.75 Å². The number of halogens is 1. The van der Waals surface area contributed by atoms with Crippen molar-refractivity contribution >= 4 is 15.9 Å². The van der Waals surface area contributed by atoms with Crippen LogP contribution >= 0.6 is 15.9 Å². The van der Waals surface area contributed by atoms with Crippen molar-refractivity contribution in [3.63, 3.8) is 0 Å². The second-order valence-electron chi connectivity index (χ2n) is 4.71. The van der Waals surface area contributed by atoms with E-state index < -0.39 is 0 Å². The standard InChI is InChI=1S/C17H20BrNO/c1-2-19-16(12-14-7-6-8-15(18)11-14)13-20-17-9-4-3-5-10-17/h3-11,16,19H,2,12-13H2,1H3. The van der Waals surface area contributed by atoms with Gasteiger partial charge >= 0.3 is 0 Å². The molecule has 2 nitrogen and oxygen atoms in total. The summed E-state index contributed by atoms with van der Waals surface area (Å²) in [4.78, 5) is 0. The highest BCUT2D eigenvalue weighted by atomic mass is 79.9. The number of ether oxygens (including phenoxy) is 1. The molecular weight excluding hydrogens is 314 g/mol. The zero-order valence-electron chi connectivity index (χ0n) is 11.7. The van der Waals surface area contributed by atoms with Crippen LogP contribution in [0.1, 0.15) is 12.5 Å². The van der Waals surface area contributed by atoms with Crippen molar-refractivity contribution in [3.05, 3.63) is 64.6 Å². The molecule has 106 valence electrons. The fourth-order valence-electron chi connectivity index (χ4n) is 2.14.